The van der Waals surface area contributed by atoms with E-state index in [4.69, 9.17) is 19.1 Å². The molecule has 3 aromatic heterocycles. The number of hydrogen-bond acceptors (Lipinski definition) is 3. The number of benzene rings is 7. The van der Waals surface area contributed by atoms with Gasteiger partial charge in [0.1, 0.15) is 0 Å². The van der Waals surface area contributed by atoms with Crippen LogP contribution < -0.4 is 0 Å². The summed E-state index contributed by atoms with van der Waals surface area (Å²) in [7, 11) is 0. The molecule has 0 amide bonds. The van der Waals surface area contributed by atoms with E-state index < -0.39 is 6.85 Å². The van der Waals surface area contributed by atoms with Crippen LogP contribution in [-0.2, 0) is 45.8 Å². The first kappa shape index (κ1) is 40.2. The third kappa shape index (κ3) is 10.3. The number of hydrogen-bond donors (Lipinski definition) is 0. The Morgan fingerprint density at radius 3 is 1.52 bits per heavy atom. The van der Waals surface area contributed by atoms with Crippen LogP contribution in [0.3, 0.4) is 0 Å². The molecule has 3 heterocycles. The maximum atomic E-state index is 8.83. The van der Waals surface area contributed by atoms with Gasteiger partial charge in [0, 0.05) is 28.3 Å². The van der Waals surface area contributed by atoms with E-state index in [1.807, 2.05) is 116 Å². The van der Waals surface area contributed by atoms with Gasteiger partial charge in [0.05, 0.1) is 0 Å². The van der Waals surface area contributed by atoms with Gasteiger partial charge >= 0.3 is 20.1 Å². The molecule has 0 saturated heterocycles. The van der Waals surface area contributed by atoms with Crippen molar-refractivity contribution < 1.29 is 24.2 Å². The Hall–Kier alpha value is -7.36. The second-order valence-corrected chi connectivity index (χ2v) is 16.3. The van der Waals surface area contributed by atoms with E-state index in [9.17, 15) is 0 Å². The molecule has 318 valence electrons. The molecule has 10 aromatic rings. The van der Waals surface area contributed by atoms with Gasteiger partial charge in [-0.3, -0.25) is 0 Å². The van der Waals surface area contributed by atoms with E-state index >= 15 is 0 Å². The standard InChI is InChI=1S/C62H46N3.Ir/c1-44-35-62(55-24-14-23-54(40-55)53-22-13-21-52(39-53)49-15-5-2-6-16-49)65-43-59(44)58-26-12-11-25-57(58)56-37-47(29-27-45-31-33-60(63-41-45)50-17-7-3-8-18-50)36-48(38-56)30-28-46-32-34-61(64-42-46)51-19-9-4-10-20-51;/h2-17,19,21-23,25-26,31-43H,27-30H2,1H3;/q-3;+3/i1D3;. The molecule has 0 unspecified atom stereocenters. The zero-order valence-electron chi connectivity index (χ0n) is 39.2. The maximum absolute atomic E-state index is 8.83. The minimum atomic E-state index is -2.42. The summed E-state index contributed by atoms with van der Waals surface area (Å²) < 4.78 is 26.5. The van der Waals surface area contributed by atoms with Crippen LogP contribution in [0.25, 0.3) is 78.3 Å². The van der Waals surface area contributed by atoms with Crippen LogP contribution in [0.2, 0.25) is 0 Å². The topological polar surface area (TPSA) is 38.7 Å². The summed E-state index contributed by atoms with van der Waals surface area (Å²) in [5.41, 5.74) is 17.6. The van der Waals surface area contributed by atoms with Gasteiger partial charge in [0.2, 0.25) is 0 Å². The number of rotatable bonds is 13. The molecule has 3 nitrogen and oxygen atoms in total. The number of aryl methyl sites for hydroxylation is 5. The van der Waals surface area contributed by atoms with E-state index in [1.165, 1.54) is 11.1 Å². The molecule has 0 saturated carbocycles. The van der Waals surface area contributed by atoms with Crippen LogP contribution in [0.15, 0.2) is 213 Å². The molecular formula is C62H46IrN3. The molecule has 4 heteroatoms. The smallest absolute Gasteiger partial charge is 0.304 e. The molecule has 0 aliphatic heterocycles. The summed E-state index contributed by atoms with van der Waals surface area (Å²) in [6, 6.07) is 75.4. The monoisotopic (exact) mass is 1030 g/mol. The minimum Gasteiger partial charge on any atom is -0.304 e. The second-order valence-electron chi connectivity index (χ2n) is 16.3. The molecule has 0 radical (unpaired) electrons. The molecule has 0 aliphatic rings. The first-order valence-electron chi connectivity index (χ1n) is 23.6. The van der Waals surface area contributed by atoms with Gasteiger partial charge in [-0.1, -0.05) is 121 Å². The van der Waals surface area contributed by atoms with E-state index in [1.54, 1.807) is 12.3 Å². The first-order valence-corrected chi connectivity index (χ1v) is 22.1. The Morgan fingerprint density at radius 2 is 0.909 bits per heavy atom. The largest absolute Gasteiger partial charge is 3.00 e. The minimum absolute atomic E-state index is 0. The molecule has 0 fully saturated rings. The van der Waals surface area contributed by atoms with Gasteiger partial charge in [-0.2, -0.15) is 0 Å². The van der Waals surface area contributed by atoms with Gasteiger partial charge in [0.15, 0.2) is 0 Å². The molecule has 0 atom stereocenters. The normalized spacial score (nSPS) is 11.8. The zero-order valence-corrected chi connectivity index (χ0v) is 38.6. The van der Waals surface area contributed by atoms with Gasteiger partial charge < -0.3 is 15.0 Å². The summed E-state index contributed by atoms with van der Waals surface area (Å²) in [6.45, 7) is -2.42. The van der Waals surface area contributed by atoms with Crippen molar-refractivity contribution >= 4 is 0 Å². The summed E-state index contributed by atoms with van der Waals surface area (Å²) >= 11 is 0. The van der Waals surface area contributed by atoms with Crippen LogP contribution in [-0.4, -0.2) is 15.0 Å². The molecule has 0 spiro atoms. The molecule has 0 bridgehead atoms. The van der Waals surface area contributed by atoms with Crippen LogP contribution in [0.4, 0.5) is 0 Å². The van der Waals surface area contributed by atoms with Gasteiger partial charge in [-0.15, -0.1) is 107 Å². The predicted octanol–water partition coefficient (Wildman–Crippen LogP) is 14.8. The second kappa shape index (κ2) is 20.6. The van der Waals surface area contributed by atoms with E-state index in [-0.39, 0.29) is 25.7 Å². The van der Waals surface area contributed by atoms with Crippen molar-refractivity contribution in [1.82, 2.24) is 15.0 Å². The van der Waals surface area contributed by atoms with Crippen molar-refractivity contribution in [2.24, 2.45) is 0 Å². The van der Waals surface area contributed by atoms with Crippen molar-refractivity contribution in [2.75, 3.05) is 0 Å². The summed E-state index contributed by atoms with van der Waals surface area (Å²) in [6.07, 6.45) is 8.87. The Balaban J connectivity index is 0.00000593. The fourth-order valence-corrected chi connectivity index (χ4v) is 8.44. The van der Waals surface area contributed by atoms with Crippen molar-refractivity contribution in [3.05, 3.63) is 259 Å². The number of nitrogens with zero attached hydrogens (tertiary/aromatic N) is 3. The first-order chi connectivity index (χ1) is 33.3. The Kier molecular flexibility index (Phi) is 12.6. The average Bonchev–Trinajstić information content (AvgIpc) is 3.40. The van der Waals surface area contributed by atoms with E-state index in [2.05, 4.69) is 103 Å². The Labute approximate surface area is 406 Å². The molecule has 0 aliphatic carbocycles. The Bertz CT molecular complexity index is 3200. The fraction of sp³-hybridized carbons (Fsp3) is 0.0806. The molecule has 10 rings (SSSR count). The van der Waals surface area contributed by atoms with Crippen LogP contribution >= 0.6 is 0 Å². The zero-order chi connectivity index (χ0) is 46.3. The van der Waals surface area contributed by atoms with Crippen LogP contribution in [0, 0.1) is 25.1 Å². The molecule has 66 heavy (non-hydrogen) atoms. The van der Waals surface area contributed by atoms with E-state index in [0.29, 0.717) is 11.3 Å². The third-order valence-electron chi connectivity index (χ3n) is 11.9. The van der Waals surface area contributed by atoms with Crippen molar-refractivity contribution in [3.63, 3.8) is 0 Å². The number of pyridine rings is 3. The predicted molar refractivity (Wildman–Crippen MR) is 267 cm³/mol. The van der Waals surface area contributed by atoms with E-state index in [0.717, 1.165) is 104 Å². The van der Waals surface area contributed by atoms with Crippen molar-refractivity contribution in [2.45, 2.75) is 32.5 Å². The molecular weight excluding hydrogens is 979 g/mol. The Morgan fingerprint density at radius 1 is 0.364 bits per heavy atom. The fourth-order valence-electron chi connectivity index (χ4n) is 8.44. The summed E-state index contributed by atoms with van der Waals surface area (Å²) in [5, 5.41) is 0. The quantitative estimate of drug-likeness (QED) is 0.108. The number of aromatic nitrogens is 3. The van der Waals surface area contributed by atoms with Gasteiger partial charge in [-0.25, -0.2) is 0 Å². The van der Waals surface area contributed by atoms with Gasteiger partial charge in [0.25, 0.3) is 0 Å². The SMILES string of the molecule is [2H]C([2H])([2H])c1cc(-c2[c-]ccc(-c3cccc(-c4ccccc4)c3)c2)ncc1-c1ccccc1-c1cc(CCc2ccc(-c3[c-]cccc3)nc2)cc(CCc2ccc(-c3[c-]cccc3)nc2)c1.[Ir+3]. The molecule has 7 aromatic carbocycles. The maximum Gasteiger partial charge on any atom is 3.00 e. The van der Waals surface area contributed by atoms with Crippen LogP contribution in [0.5, 0.6) is 0 Å². The van der Waals surface area contributed by atoms with Crippen molar-refractivity contribution in [3.8, 4) is 78.3 Å². The van der Waals surface area contributed by atoms with Crippen molar-refractivity contribution in [1.29, 1.82) is 0 Å². The van der Waals surface area contributed by atoms with Gasteiger partial charge in [-0.05, 0) is 117 Å². The average molecular weight is 1030 g/mol. The third-order valence-corrected chi connectivity index (χ3v) is 11.9. The van der Waals surface area contributed by atoms with Crippen LogP contribution in [0.1, 0.15) is 31.9 Å². The summed E-state index contributed by atoms with van der Waals surface area (Å²) in [5.74, 6) is 0. The molecule has 0 N–H and O–H groups in total. The summed E-state index contributed by atoms with van der Waals surface area (Å²) in [4.78, 5) is 14.5.